The van der Waals surface area contributed by atoms with Crippen LogP contribution in [0.1, 0.15) is 57.9 Å². The third kappa shape index (κ3) is 4.57. The van der Waals surface area contributed by atoms with Crippen LogP contribution in [0.3, 0.4) is 0 Å². The molecule has 6 nitrogen and oxygen atoms in total. The predicted octanol–water partition coefficient (Wildman–Crippen LogP) is 3.23. The number of amides is 2. The van der Waals surface area contributed by atoms with Crippen molar-refractivity contribution in [2.75, 3.05) is 19.8 Å². The summed E-state index contributed by atoms with van der Waals surface area (Å²) in [6.07, 6.45) is 7.70. The van der Waals surface area contributed by atoms with Crippen molar-refractivity contribution >= 4 is 11.8 Å². The van der Waals surface area contributed by atoms with E-state index in [1.54, 1.807) is 0 Å². The first-order chi connectivity index (χ1) is 14.5. The van der Waals surface area contributed by atoms with Crippen LogP contribution in [0, 0.1) is 17.8 Å². The van der Waals surface area contributed by atoms with E-state index in [0.29, 0.717) is 31.9 Å². The third-order valence-electron chi connectivity index (χ3n) is 6.93. The molecule has 0 aliphatic heterocycles. The number of hydrogen-bond donors (Lipinski definition) is 2. The van der Waals surface area contributed by atoms with Gasteiger partial charge in [0.1, 0.15) is 0 Å². The van der Waals surface area contributed by atoms with Crippen LogP contribution in [0.2, 0.25) is 0 Å². The fourth-order valence-electron chi connectivity index (χ4n) is 6.21. The monoisotopic (exact) mass is 414 g/mol. The van der Waals surface area contributed by atoms with Crippen LogP contribution in [-0.2, 0) is 16.0 Å². The van der Waals surface area contributed by atoms with Gasteiger partial charge in [-0.3, -0.25) is 9.59 Å². The second-order valence-corrected chi connectivity index (χ2v) is 9.31. The highest BCUT2D eigenvalue weighted by molar-refractivity contribution is 6.35. The first-order valence-corrected chi connectivity index (χ1v) is 11.5. The number of carbonyl (C=O) groups is 2. The van der Waals surface area contributed by atoms with Gasteiger partial charge in [0.2, 0.25) is 0 Å². The lowest BCUT2D eigenvalue weighted by Gasteiger charge is -2.56. The Kier molecular flexibility index (Phi) is 6.21. The smallest absolute Gasteiger partial charge is 0.309 e. The van der Waals surface area contributed by atoms with E-state index >= 15 is 0 Å². The average molecular weight is 415 g/mol. The number of carbonyl (C=O) groups excluding carboxylic acids is 2. The molecule has 0 saturated heterocycles. The maximum atomic E-state index is 12.6. The molecule has 4 saturated carbocycles. The molecule has 0 radical (unpaired) electrons. The first-order valence-electron chi connectivity index (χ1n) is 11.5. The first kappa shape index (κ1) is 21.0. The van der Waals surface area contributed by atoms with Gasteiger partial charge < -0.3 is 20.1 Å². The molecule has 5 rings (SSSR count). The number of ether oxygens (including phenoxy) is 2. The molecule has 4 fully saturated rings. The summed E-state index contributed by atoms with van der Waals surface area (Å²) in [5.74, 6) is 2.64. The van der Waals surface area contributed by atoms with Crippen LogP contribution >= 0.6 is 0 Å². The van der Waals surface area contributed by atoms with Gasteiger partial charge in [-0.05, 0) is 94.2 Å². The Balaban J connectivity index is 1.28. The summed E-state index contributed by atoms with van der Waals surface area (Å²) in [6.45, 7) is 5.42. The number of nitrogens with one attached hydrogen (secondary N) is 2. The second kappa shape index (κ2) is 8.86. The van der Waals surface area contributed by atoms with E-state index in [1.165, 1.54) is 19.3 Å². The van der Waals surface area contributed by atoms with Gasteiger partial charge in [0, 0.05) is 12.1 Å². The molecule has 1 aromatic rings. The molecule has 2 N–H and O–H groups in total. The lowest BCUT2D eigenvalue weighted by molar-refractivity contribution is -0.142. The Bertz CT molecular complexity index is 756. The number of rotatable bonds is 8. The molecule has 4 aliphatic carbocycles. The van der Waals surface area contributed by atoms with Crippen molar-refractivity contribution in [3.05, 3.63) is 23.8 Å². The van der Waals surface area contributed by atoms with Crippen LogP contribution in [-0.4, -0.2) is 37.1 Å². The van der Waals surface area contributed by atoms with Crippen LogP contribution in [0.4, 0.5) is 0 Å². The highest BCUT2D eigenvalue weighted by Crippen LogP contribution is 2.55. The molecule has 0 aromatic heterocycles. The maximum absolute atomic E-state index is 12.6. The Labute approximate surface area is 179 Å². The molecule has 0 atom stereocenters. The minimum atomic E-state index is -0.526. The summed E-state index contributed by atoms with van der Waals surface area (Å²) in [7, 11) is 0. The molecule has 0 spiro atoms. The summed E-state index contributed by atoms with van der Waals surface area (Å²) >= 11 is 0. The largest absolute Gasteiger partial charge is 0.490 e. The van der Waals surface area contributed by atoms with Crippen LogP contribution in [0.5, 0.6) is 11.5 Å². The molecular weight excluding hydrogens is 380 g/mol. The van der Waals surface area contributed by atoms with Gasteiger partial charge in [-0.1, -0.05) is 6.07 Å². The SMILES string of the molecule is CCOc1ccc(CCNC(=O)C(=O)NC23CC4CC(CC(C4)C2)C3)cc1OCC. The molecule has 1 aromatic carbocycles. The van der Waals surface area contributed by atoms with Crippen molar-refractivity contribution in [1.82, 2.24) is 10.6 Å². The lowest BCUT2D eigenvalue weighted by Crippen LogP contribution is -2.61. The summed E-state index contributed by atoms with van der Waals surface area (Å²) in [5.41, 5.74) is 0.897. The molecule has 6 heteroatoms. The Morgan fingerprint density at radius 1 is 0.933 bits per heavy atom. The minimum absolute atomic E-state index is 0.134. The van der Waals surface area contributed by atoms with E-state index in [0.717, 1.165) is 48.3 Å². The highest BCUT2D eigenvalue weighted by Gasteiger charge is 2.51. The van der Waals surface area contributed by atoms with Crippen LogP contribution in [0.15, 0.2) is 18.2 Å². The van der Waals surface area contributed by atoms with Crippen LogP contribution < -0.4 is 20.1 Å². The quantitative estimate of drug-likeness (QED) is 0.641. The normalized spacial score (nSPS) is 28.8. The molecular formula is C24H34N2O4. The third-order valence-corrected chi connectivity index (χ3v) is 6.93. The molecule has 4 bridgehead atoms. The number of benzene rings is 1. The average Bonchev–Trinajstić information content (AvgIpc) is 2.68. The Hall–Kier alpha value is -2.24. The summed E-state index contributed by atoms with van der Waals surface area (Å²) in [5, 5.41) is 5.91. The molecule has 164 valence electrons. The zero-order valence-electron chi connectivity index (χ0n) is 18.2. The topological polar surface area (TPSA) is 76.7 Å². The van der Waals surface area contributed by atoms with Crippen molar-refractivity contribution < 1.29 is 19.1 Å². The van der Waals surface area contributed by atoms with E-state index < -0.39 is 11.8 Å². The van der Waals surface area contributed by atoms with Gasteiger partial charge in [0.05, 0.1) is 13.2 Å². The zero-order chi connectivity index (χ0) is 21.1. The van der Waals surface area contributed by atoms with E-state index in [9.17, 15) is 9.59 Å². The van der Waals surface area contributed by atoms with E-state index in [2.05, 4.69) is 10.6 Å². The van der Waals surface area contributed by atoms with E-state index in [1.807, 2.05) is 32.0 Å². The van der Waals surface area contributed by atoms with Gasteiger partial charge in [0.15, 0.2) is 11.5 Å². The fraction of sp³-hybridized carbons (Fsp3) is 0.667. The van der Waals surface area contributed by atoms with Crippen molar-refractivity contribution in [2.24, 2.45) is 17.8 Å². The minimum Gasteiger partial charge on any atom is -0.490 e. The van der Waals surface area contributed by atoms with Gasteiger partial charge in [-0.25, -0.2) is 0 Å². The molecule has 0 heterocycles. The van der Waals surface area contributed by atoms with Gasteiger partial charge in [-0.15, -0.1) is 0 Å². The van der Waals surface area contributed by atoms with Crippen molar-refractivity contribution in [1.29, 1.82) is 0 Å². The molecule has 0 unspecified atom stereocenters. The van der Waals surface area contributed by atoms with Crippen molar-refractivity contribution in [2.45, 2.75) is 64.3 Å². The Morgan fingerprint density at radius 2 is 1.53 bits per heavy atom. The summed E-state index contributed by atoms with van der Waals surface area (Å²) < 4.78 is 11.2. The van der Waals surface area contributed by atoms with Gasteiger partial charge in [-0.2, -0.15) is 0 Å². The van der Waals surface area contributed by atoms with Gasteiger partial charge in [0.25, 0.3) is 0 Å². The standard InChI is InChI=1S/C24H34N2O4/c1-3-29-20-6-5-16(12-21(20)30-4-2)7-8-25-22(27)23(28)26-24-13-17-9-18(14-24)11-19(10-17)15-24/h5-6,12,17-19H,3-4,7-11,13-15H2,1-2H3,(H,25,27)(H,26,28). The van der Waals surface area contributed by atoms with Crippen molar-refractivity contribution in [3.8, 4) is 11.5 Å². The molecule has 4 aliphatic rings. The Morgan fingerprint density at radius 3 is 2.13 bits per heavy atom. The van der Waals surface area contributed by atoms with Gasteiger partial charge >= 0.3 is 11.8 Å². The van der Waals surface area contributed by atoms with Crippen LogP contribution in [0.25, 0.3) is 0 Å². The van der Waals surface area contributed by atoms with Crippen molar-refractivity contribution in [3.63, 3.8) is 0 Å². The highest BCUT2D eigenvalue weighted by atomic mass is 16.5. The maximum Gasteiger partial charge on any atom is 0.309 e. The predicted molar refractivity (Wildman–Crippen MR) is 115 cm³/mol. The van der Waals surface area contributed by atoms with E-state index in [-0.39, 0.29) is 5.54 Å². The van der Waals surface area contributed by atoms with E-state index in [4.69, 9.17) is 9.47 Å². The summed E-state index contributed by atoms with van der Waals surface area (Å²) in [6, 6.07) is 5.80. The fourth-order valence-corrected chi connectivity index (χ4v) is 6.21. The zero-order valence-corrected chi connectivity index (χ0v) is 18.2. The second-order valence-electron chi connectivity index (χ2n) is 9.31. The molecule has 2 amide bonds. The molecule has 30 heavy (non-hydrogen) atoms. The lowest BCUT2D eigenvalue weighted by atomic mass is 9.53. The number of hydrogen-bond acceptors (Lipinski definition) is 4. The summed E-state index contributed by atoms with van der Waals surface area (Å²) in [4.78, 5) is 25.0.